The Labute approximate surface area is 145 Å². The largest absolute Gasteiger partial charge is 0.354 e. The van der Waals surface area contributed by atoms with Gasteiger partial charge in [0.1, 0.15) is 11.6 Å². The monoisotopic (exact) mass is 350 g/mol. The SMILES string of the molecule is CC(C)CSc1nnc(Nc2cccc(N3CCNCC3)n2)s1. The molecule has 2 aromatic heterocycles. The molecule has 0 saturated carbocycles. The van der Waals surface area contributed by atoms with E-state index in [0.29, 0.717) is 5.92 Å². The first-order valence-electron chi connectivity index (χ1n) is 7.87. The van der Waals surface area contributed by atoms with E-state index in [9.17, 15) is 0 Å². The lowest BCUT2D eigenvalue weighted by molar-refractivity contribution is 0.585. The highest BCUT2D eigenvalue weighted by Crippen LogP contribution is 2.28. The number of hydrogen-bond donors (Lipinski definition) is 2. The van der Waals surface area contributed by atoms with E-state index in [-0.39, 0.29) is 0 Å². The molecule has 1 saturated heterocycles. The summed E-state index contributed by atoms with van der Waals surface area (Å²) in [6, 6.07) is 6.05. The summed E-state index contributed by atoms with van der Waals surface area (Å²) in [6.45, 7) is 8.41. The Bertz CT molecular complexity index is 624. The third-order valence-corrected chi connectivity index (χ3v) is 5.76. The van der Waals surface area contributed by atoms with Gasteiger partial charge in [-0.15, -0.1) is 10.2 Å². The molecule has 3 rings (SSSR count). The van der Waals surface area contributed by atoms with Crippen LogP contribution in [0.15, 0.2) is 22.5 Å². The Morgan fingerprint density at radius 1 is 1.30 bits per heavy atom. The molecule has 1 fully saturated rings. The van der Waals surface area contributed by atoms with Crippen molar-refractivity contribution in [3.8, 4) is 0 Å². The number of hydrogen-bond acceptors (Lipinski definition) is 8. The smallest absolute Gasteiger partial charge is 0.212 e. The number of aromatic nitrogens is 3. The normalized spacial score (nSPS) is 15.2. The van der Waals surface area contributed by atoms with E-state index in [1.54, 1.807) is 23.1 Å². The van der Waals surface area contributed by atoms with Crippen LogP contribution in [0.4, 0.5) is 16.8 Å². The van der Waals surface area contributed by atoms with Crippen LogP contribution in [0.3, 0.4) is 0 Å². The summed E-state index contributed by atoms with van der Waals surface area (Å²) in [5.41, 5.74) is 0. The summed E-state index contributed by atoms with van der Waals surface area (Å²) in [5.74, 6) is 3.54. The summed E-state index contributed by atoms with van der Waals surface area (Å²) in [7, 11) is 0. The first-order valence-corrected chi connectivity index (χ1v) is 9.67. The summed E-state index contributed by atoms with van der Waals surface area (Å²) in [5, 5.41) is 15.8. The number of pyridine rings is 1. The highest BCUT2D eigenvalue weighted by Gasteiger charge is 2.12. The summed E-state index contributed by atoms with van der Waals surface area (Å²) < 4.78 is 0.999. The molecular weight excluding hydrogens is 328 g/mol. The van der Waals surface area contributed by atoms with E-state index in [1.165, 1.54) is 0 Å². The lowest BCUT2D eigenvalue weighted by atomic mass is 10.3. The standard InChI is InChI=1S/C15H22N6S2/c1-11(2)10-22-15-20-19-14(23-15)18-12-4-3-5-13(17-12)21-8-6-16-7-9-21/h3-5,11,16H,6-10H2,1-2H3,(H,17,18,19). The molecule has 0 spiro atoms. The van der Waals surface area contributed by atoms with E-state index in [0.717, 1.165) is 53.0 Å². The van der Waals surface area contributed by atoms with Gasteiger partial charge in [0, 0.05) is 31.9 Å². The Morgan fingerprint density at radius 2 is 2.13 bits per heavy atom. The van der Waals surface area contributed by atoms with Crippen molar-refractivity contribution in [1.82, 2.24) is 20.5 Å². The number of piperazine rings is 1. The van der Waals surface area contributed by atoms with Gasteiger partial charge in [-0.25, -0.2) is 4.98 Å². The van der Waals surface area contributed by atoms with Crippen molar-refractivity contribution >= 4 is 39.9 Å². The summed E-state index contributed by atoms with van der Waals surface area (Å²) in [4.78, 5) is 6.99. The van der Waals surface area contributed by atoms with Crippen LogP contribution in [0.25, 0.3) is 0 Å². The second kappa shape index (κ2) is 7.94. The molecule has 124 valence electrons. The van der Waals surface area contributed by atoms with Gasteiger partial charge in [0.15, 0.2) is 4.34 Å². The van der Waals surface area contributed by atoms with Crippen molar-refractivity contribution < 1.29 is 0 Å². The van der Waals surface area contributed by atoms with E-state index < -0.39 is 0 Å². The molecule has 0 amide bonds. The van der Waals surface area contributed by atoms with Gasteiger partial charge < -0.3 is 15.5 Å². The van der Waals surface area contributed by atoms with Gasteiger partial charge in [-0.05, 0) is 18.1 Å². The lowest BCUT2D eigenvalue weighted by Crippen LogP contribution is -2.43. The summed E-state index contributed by atoms with van der Waals surface area (Å²) >= 11 is 3.33. The molecule has 2 N–H and O–H groups in total. The maximum absolute atomic E-state index is 4.69. The van der Waals surface area contributed by atoms with Crippen molar-refractivity contribution in [2.45, 2.75) is 18.2 Å². The van der Waals surface area contributed by atoms with Gasteiger partial charge >= 0.3 is 0 Å². The maximum Gasteiger partial charge on any atom is 0.212 e. The molecule has 0 aliphatic carbocycles. The fourth-order valence-electron chi connectivity index (χ4n) is 2.23. The minimum atomic E-state index is 0.651. The minimum absolute atomic E-state index is 0.651. The molecule has 23 heavy (non-hydrogen) atoms. The second-order valence-corrected chi connectivity index (χ2v) is 8.07. The van der Waals surface area contributed by atoms with Gasteiger partial charge in [-0.3, -0.25) is 0 Å². The highest BCUT2D eigenvalue weighted by molar-refractivity contribution is 8.01. The van der Waals surface area contributed by atoms with Crippen LogP contribution in [-0.2, 0) is 0 Å². The zero-order valence-electron chi connectivity index (χ0n) is 13.5. The first kappa shape index (κ1) is 16.5. The Kier molecular flexibility index (Phi) is 5.69. The molecule has 3 heterocycles. The van der Waals surface area contributed by atoms with Crippen molar-refractivity contribution in [3.05, 3.63) is 18.2 Å². The molecule has 1 aliphatic rings. The fourth-order valence-corrected chi connectivity index (χ4v) is 3.96. The first-order chi connectivity index (χ1) is 11.2. The highest BCUT2D eigenvalue weighted by atomic mass is 32.2. The average molecular weight is 351 g/mol. The lowest BCUT2D eigenvalue weighted by Gasteiger charge is -2.28. The van der Waals surface area contributed by atoms with Crippen LogP contribution in [-0.4, -0.2) is 47.1 Å². The molecule has 2 aromatic rings. The quantitative estimate of drug-likeness (QED) is 0.777. The van der Waals surface area contributed by atoms with E-state index in [2.05, 4.69) is 45.6 Å². The molecule has 0 unspecified atom stereocenters. The van der Waals surface area contributed by atoms with Crippen molar-refractivity contribution in [2.75, 3.05) is 42.1 Å². The Morgan fingerprint density at radius 3 is 2.91 bits per heavy atom. The fraction of sp³-hybridized carbons (Fsp3) is 0.533. The predicted octanol–water partition coefficient (Wildman–Crippen LogP) is 2.83. The number of thioether (sulfide) groups is 1. The average Bonchev–Trinajstić information content (AvgIpc) is 3.01. The van der Waals surface area contributed by atoms with E-state index >= 15 is 0 Å². The van der Waals surface area contributed by atoms with Crippen molar-refractivity contribution in [2.24, 2.45) is 5.92 Å². The second-order valence-electron chi connectivity index (χ2n) is 5.82. The zero-order chi connectivity index (χ0) is 16.1. The van der Waals surface area contributed by atoms with Crippen LogP contribution in [0, 0.1) is 5.92 Å². The molecule has 0 atom stereocenters. The summed E-state index contributed by atoms with van der Waals surface area (Å²) in [6.07, 6.45) is 0. The van der Waals surface area contributed by atoms with E-state index in [1.807, 2.05) is 12.1 Å². The predicted molar refractivity (Wildman–Crippen MR) is 98.1 cm³/mol. The minimum Gasteiger partial charge on any atom is -0.354 e. The van der Waals surface area contributed by atoms with Crippen molar-refractivity contribution in [3.63, 3.8) is 0 Å². The van der Waals surface area contributed by atoms with Crippen LogP contribution in [0.2, 0.25) is 0 Å². The third kappa shape index (κ3) is 4.79. The molecule has 0 radical (unpaired) electrons. The Hall–Kier alpha value is -1.38. The van der Waals surface area contributed by atoms with Gasteiger partial charge in [0.25, 0.3) is 0 Å². The topological polar surface area (TPSA) is 66.0 Å². The third-order valence-electron chi connectivity index (χ3n) is 3.36. The van der Waals surface area contributed by atoms with Gasteiger partial charge in [0.05, 0.1) is 0 Å². The molecule has 8 heteroatoms. The number of nitrogens with zero attached hydrogens (tertiary/aromatic N) is 4. The molecule has 0 bridgehead atoms. The Balaban J connectivity index is 1.63. The van der Waals surface area contributed by atoms with Crippen LogP contribution >= 0.6 is 23.1 Å². The number of nitrogens with one attached hydrogen (secondary N) is 2. The van der Waals surface area contributed by atoms with E-state index in [4.69, 9.17) is 4.98 Å². The molecule has 1 aliphatic heterocycles. The number of anilines is 3. The van der Waals surface area contributed by atoms with Crippen LogP contribution < -0.4 is 15.5 Å². The molecular formula is C15H22N6S2. The van der Waals surface area contributed by atoms with Crippen LogP contribution in [0.1, 0.15) is 13.8 Å². The van der Waals surface area contributed by atoms with Crippen LogP contribution in [0.5, 0.6) is 0 Å². The molecule has 0 aromatic carbocycles. The van der Waals surface area contributed by atoms with Gasteiger partial charge in [-0.1, -0.05) is 43.0 Å². The maximum atomic E-state index is 4.69. The van der Waals surface area contributed by atoms with Gasteiger partial charge in [0.2, 0.25) is 5.13 Å². The molecule has 6 nitrogen and oxygen atoms in total. The number of rotatable bonds is 6. The van der Waals surface area contributed by atoms with Gasteiger partial charge in [-0.2, -0.15) is 0 Å². The van der Waals surface area contributed by atoms with Crippen molar-refractivity contribution in [1.29, 1.82) is 0 Å². The zero-order valence-corrected chi connectivity index (χ0v) is 15.1.